The molecule has 1 aromatic carbocycles. The standard InChI is InChI=1S/C9H8Cl2O3S/c10-6-1-2-8(11)9(3-6)15(12,13)5-7-4-14-7/h1-3,7H,4-5H2/t7-/m1/s1. The van der Waals surface area contributed by atoms with Crippen LogP contribution in [-0.4, -0.2) is 26.9 Å². The van der Waals surface area contributed by atoms with E-state index in [4.69, 9.17) is 27.9 Å². The minimum Gasteiger partial charge on any atom is -0.372 e. The van der Waals surface area contributed by atoms with E-state index in [9.17, 15) is 8.42 Å². The minimum absolute atomic E-state index is 0.0347. The molecule has 0 spiro atoms. The third kappa shape index (κ3) is 2.64. The molecule has 1 fully saturated rings. The van der Waals surface area contributed by atoms with Crippen LogP contribution in [0.4, 0.5) is 0 Å². The summed E-state index contributed by atoms with van der Waals surface area (Å²) in [6.45, 7) is 0.497. The topological polar surface area (TPSA) is 46.7 Å². The molecule has 82 valence electrons. The van der Waals surface area contributed by atoms with Crippen LogP contribution in [0.1, 0.15) is 0 Å². The normalized spacial score (nSPS) is 20.3. The van der Waals surface area contributed by atoms with Crippen LogP contribution in [0, 0.1) is 0 Å². The average molecular weight is 267 g/mol. The molecule has 0 amide bonds. The molecule has 3 nitrogen and oxygen atoms in total. The summed E-state index contributed by atoms with van der Waals surface area (Å²) in [5, 5.41) is 0.551. The van der Waals surface area contributed by atoms with Gasteiger partial charge in [-0.25, -0.2) is 8.42 Å². The Bertz CT molecular complexity index is 480. The molecule has 2 rings (SSSR count). The van der Waals surface area contributed by atoms with Gasteiger partial charge in [0.1, 0.15) is 0 Å². The molecule has 1 heterocycles. The highest BCUT2D eigenvalue weighted by Crippen LogP contribution is 2.27. The Morgan fingerprint density at radius 3 is 2.67 bits per heavy atom. The molecule has 1 saturated heterocycles. The summed E-state index contributed by atoms with van der Waals surface area (Å²) in [5.74, 6) is -0.0347. The van der Waals surface area contributed by atoms with E-state index >= 15 is 0 Å². The van der Waals surface area contributed by atoms with Crippen molar-refractivity contribution in [2.24, 2.45) is 0 Å². The highest BCUT2D eigenvalue weighted by atomic mass is 35.5. The molecule has 6 heteroatoms. The van der Waals surface area contributed by atoms with Crippen LogP contribution in [0.25, 0.3) is 0 Å². The van der Waals surface area contributed by atoms with Gasteiger partial charge in [-0.05, 0) is 18.2 Å². The van der Waals surface area contributed by atoms with Crippen LogP contribution >= 0.6 is 23.2 Å². The number of hydrogen-bond donors (Lipinski definition) is 0. The van der Waals surface area contributed by atoms with Crippen molar-refractivity contribution < 1.29 is 13.2 Å². The fraction of sp³-hybridized carbons (Fsp3) is 0.333. The van der Waals surface area contributed by atoms with Crippen LogP contribution < -0.4 is 0 Å². The van der Waals surface area contributed by atoms with Gasteiger partial charge in [0.2, 0.25) is 0 Å². The largest absolute Gasteiger partial charge is 0.372 e. The van der Waals surface area contributed by atoms with Crippen molar-refractivity contribution in [2.75, 3.05) is 12.4 Å². The molecule has 0 N–H and O–H groups in total. The Kier molecular flexibility index (Phi) is 2.94. The highest BCUT2D eigenvalue weighted by molar-refractivity contribution is 7.91. The molecular weight excluding hydrogens is 259 g/mol. The van der Waals surface area contributed by atoms with Crippen molar-refractivity contribution in [3.05, 3.63) is 28.2 Å². The molecule has 0 aromatic heterocycles. The van der Waals surface area contributed by atoms with E-state index < -0.39 is 9.84 Å². The van der Waals surface area contributed by atoms with Crippen LogP contribution in [0.15, 0.2) is 23.1 Å². The third-order valence-corrected chi connectivity index (χ3v) is 4.53. The van der Waals surface area contributed by atoms with Crippen molar-refractivity contribution in [3.8, 4) is 0 Å². The average Bonchev–Trinajstić information content (AvgIpc) is 2.92. The second-order valence-corrected chi connectivity index (χ2v) is 6.16. The molecule has 15 heavy (non-hydrogen) atoms. The number of ether oxygens (including phenoxy) is 1. The fourth-order valence-electron chi connectivity index (χ4n) is 1.21. The maximum Gasteiger partial charge on any atom is 0.182 e. The number of halogens is 2. The number of hydrogen-bond acceptors (Lipinski definition) is 3. The third-order valence-electron chi connectivity index (χ3n) is 2.04. The molecule has 1 aliphatic heterocycles. The molecular formula is C9H8Cl2O3S. The number of benzene rings is 1. The fourth-order valence-corrected chi connectivity index (χ4v) is 3.45. The van der Waals surface area contributed by atoms with Gasteiger partial charge >= 0.3 is 0 Å². The van der Waals surface area contributed by atoms with Crippen LogP contribution in [0.2, 0.25) is 10.0 Å². The maximum atomic E-state index is 11.8. The summed E-state index contributed by atoms with van der Waals surface area (Å²) in [7, 11) is -3.39. The Morgan fingerprint density at radius 2 is 2.07 bits per heavy atom. The molecule has 1 aromatic rings. The van der Waals surface area contributed by atoms with Gasteiger partial charge in [-0.15, -0.1) is 0 Å². The van der Waals surface area contributed by atoms with E-state index in [1.165, 1.54) is 12.1 Å². The van der Waals surface area contributed by atoms with Gasteiger partial charge in [-0.3, -0.25) is 0 Å². The zero-order valence-electron chi connectivity index (χ0n) is 7.61. The molecule has 1 aliphatic rings. The Morgan fingerprint density at radius 1 is 1.40 bits per heavy atom. The zero-order chi connectivity index (χ0) is 11.1. The highest BCUT2D eigenvalue weighted by Gasteiger charge is 2.31. The first kappa shape index (κ1) is 11.2. The number of epoxide rings is 1. The van der Waals surface area contributed by atoms with Gasteiger partial charge in [0.25, 0.3) is 0 Å². The molecule has 0 saturated carbocycles. The Labute approximate surface area is 97.9 Å². The van der Waals surface area contributed by atoms with Crippen molar-refractivity contribution in [1.29, 1.82) is 0 Å². The predicted octanol–water partition coefficient (Wildman–Crippen LogP) is 2.17. The second-order valence-electron chi connectivity index (χ2n) is 3.31. The number of rotatable bonds is 3. The maximum absolute atomic E-state index is 11.8. The second kappa shape index (κ2) is 3.94. The van der Waals surface area contributed by atoms with Gasteiger partial charge in [0.05, 0.1) is 28.4 Å². The molecule has 1 atom stereocenters. The lowest BCUT2D eigenvalue weighted by atomic mass is 10.4. The van der Waals surface area contributed by atoms with Gasteiger partial charge in [-0.1, -0.05) is 23.2 Å². The van der Waals surface area contributed by atoms with Crippen LogP contribution in [-0.2, 0) is 14.6 Å². The van der Waals surface area contributed by atoms with Crippen LogP contribution in [0.3, 0.4) is 0 Å². The molecule has 0 aliphatic carbocycles. The summed E-state index contributed by atoms with van der Waals surface area (Å²) in [6.07, 6.45) is -0.190. The lowest BCUT2D eigenvalue weighted by Gasteiger charge is -2.05. The van der Waals surface area contributed by atoms with E-state index in [0.29, 0.717) is 11.6 Å². The minimum atomic E-state index is -3.39. The van der Waals surface area contributed by atoms with Crippen molar-refractivity contribution in [1.82, 2.24) is 0 Å². The Balaban J connectivity index is 2.38. The SMILES string of the molecule is O=S(=O)(C[C@H]1CO1)c1cc(Cl)ccc1Cl. The Hall–Kier alpha value is -0.290. The molecule has 0 bridgehead atoms. The van der Waals surface area contributed by atoms with Crippen molar-refractivity contribution in [2.45, 2.75) is 11.0 Å². The van der Waals surface area contributed by atoms with E-state index in [0.717, 1.165) is 0 Å². The zero-order valence-corrected chi connectivity index (χ0v) is 9.94. The lowest BCUT2D eigenvalue weighted by molar-refractivity contribution is 0.422. The van der Waals surface area contributed by atoms with Gasteiger partial charge in [-0.2, -0.15) is 0 Å². The predicted molar refractivity (Wildman–Crippen MR) is 58.3 cm³/mol. The van der Waals surface area contributed by atoms with Gasteiger partial charge < -0.3 is 4.74 Å². The lowest BCUT2D eigenvalue weighted by Crippen LogP contribution is -2.12. The van der Waals surface area contributed by atoms with Gasteiger partial charge in [0, 0.05) is 5.02 Å². The summed E-state index contributed by atoms with van der Waals surface area (Å²) >= 11 is 11.5. The van der Waals surface area contributed by atoms with Crippen LogP contribution in [0.5, 0.6) is 0 Å². The first-order chi connectivity index (χ1) is 6.99. The summed E-state index contributed by atoms with van der Waals surface area (Å²) in [6, 6.07) is 4.39. The van der Waals surface area contributed by atoms with E-state index in [1.54, 1.807) is 6.07 Å². The molecule has 0 radical (unpaired) electrons. The summed E-state index contributed by atoms with van der Waals surface area (Å²) in [5.41, 5.74) is 0. The van der Waals surface area contributed by atoms with E-state index in [2.05, 4.69) is 0 Å². The first-order valence-corrected chi connectivity index (χ1v) is 6.69. The first-order valence-electron chi connectivity index (χ1n) is 4.28. The van der Waals surface area contributed by atoms with Gasteiger partial charge in [0.15, 0.2) is 9.84 Å². The summed E-state index contributed by atoms with van der Waals surface area (Å²) < 4.78 is 28.5. The molecule has 0 unspecified atom stereocenters. The van der Waals surface area contributed by atoms with Crippen molar-refractivity contribution in [3.63, 3.8) is 0 Å². The monoisotopic (exact) mass is 266 g/mol. The smallest absolute Gasteiger partial charge is 0.182 e. The summed E-state index contributed by atoms with van der Waals surface area (Å²) in [4.78, 5) is 0.0761. The quantitative estimate of drug-likeness (QED) is 0.788. The number of sulfone groups is 1. The van der Waals surface area contributed by atoms with E-state index in [-0.39, 0.29) is 21.8 Å². The van der Waals surface area contributed by atoms with Crippen molar-refractivity contribution >= 4 is 33.0 Å². The van der Waals surface area contributed by atoms with E-state index in [1.807, 2.05) is 0 Å².